The fourth-order valence-electron chi connectivity index (χ4n) is 4.41. The van der Waals surface area contributed by atoms with Gasteiger partial charge in [0.2, 0.25) is 0 Å². The average molecular weight is 522 g/mol. The number of pyridine rings is 1. The smallest absolute Gasteiger partial charge is 0.305 e. The molecule has 3 aromatic carbocycles. The van der Waals surface area contributed by atoms with Crippen molar-refractivity contribution >= 4 is 17.8 Å². The van der Waals surface area contributed by atoms with Crippen LogP contribution >= 0.6 is 0 Å². The summed E-state index contributed by atoms with van der Waals surface area (Å²) in [7, 11) is 0. The highest BCUT2D eigenvalue weighted by Crippen LogP contribution is 2.28. The molecular weight excluding hydrogens is 490 g/mol. The number of amides is 2. The average Bonchev–Trinajstić information content (AvgIpc) is 2.98. The molecule has 198 valence electrons. The molecular formula is C32H31N3O4. The SMILES string of the molecule is O=C(O)CCN(CCc1cccnc1)C(=O)c1ccccc1-c1ccccc1C(=O)NCCc1ccccc1. The third kappa shape index (κ3) is 7.61. The van der Waals surface area contributed by atoms with Crippen LogP contribution in [0.15, 0.2) is 103 Å². The maximum Gasteiger partial charge on any atom is 0.305 e. The maximum absolute atomic E-state index is 13.8. The zero-order chi connectivity index (χ0) is 27.5. The summed E-state index contributed by atoms with van der Waals surface area (Å²) >= 11 is 0. The van der Waals surface area contributed by atoms with Crippen LogP contribution in [0.5, 0.6) is 0 Å². The molecule has 4 rings (SSSR count). The van der Waals surface area contributed by atoms with Crippen LogP contribution in [0.25, 0.3) is 11.1 Å². The van der Waals surface area contributed by atoms with E-state index in [0.717, 1.165) is 11.1 Å². The van der Waals surface area contributed by atoms with Crippen LogP contribution in [-0.4, -0.2) is 52.4 Å². The van der Waals surface area contributed by atoms with Gasteiger partial charge < -0.3 is 15.3 Å². The highest BCUT2D eigenvalue weighted by Gasteiger charge is 2.22. The van der Waals surface area contributed by atoms with Gasteiger partial charge in [0.15, 0.2) is 0 Å². The number of hydrogen-bond donors (Lipinski definition) is 2. The van der Waals surface area contributed by atoms with Crippen LogP contribution in [0.2, 0.25) is 0 Å². The number of hydrogen-bond acceptors (Lipinski definition) is 4. The molecule has 7 heteroatoms. The van der Waals surface area contributed by atoms with Gasteiger partial charge in [-0.05, 0) is 53.3 Å². The van der Waals surface area contributed by atoms with Crippen molar-refractivity contribution in [1.29, 1.82) is 0 Å². The Morgan fingerprint density at radius 3 is 2.05 bits per heavy atom. The number of carboxylic acid groups (broad SMARTS) is 1. The summed E-state index contributed by atoms with van der Waals surface area (Å²) in [5.74, 6) is -1.47. The first-order valence-electron chi connectivity index (χ1n) is 12.9. The summed E-state index contributed by atoms with van der Waals surface area (Å²) in [6.45, 7) is 0.896. The van der Waals surface area contributed by atoms with Crippen molar-refractivity contribution in [1.82, 2.24) is 15.2 Å². The normalized spacial score (nSPS) is 10.6. The Hall–Kier alpha value is -4.78. The summed E-state index contributed by atoms with van der Waals surface area (Å²) in [5.41, 5.74) is 4.24. The Kier molecular flexibility index (Phi) is 9.56. The Balaban J connectivity index is 1.56. The Morgan fingerprint density at radius 1 is 0.718 bits per heavy atom. The highest BCUT2D eigenvalue weighted by molar-refractivity contribution is 6.06. The predicted molar refractivity (Wildman–Crippen MR) is 150 cm³/mol. The van der Waals surface area contributed by atoms with Crippen molar-refractivity contribution in [3.8, 4) is 11.1 Å². The van der Waals surface area contributed by atoms with E-state index in [4.69, 9.17) is 0 Å². The van der Waals surface area contributed by atoms with E-state index in [-0.39, 0.29) is 24.8 Å². The Morgan fingerprint density at radius 2 is 1.36 bits per heavy atom. The maximum atomic E-state index is 13.8. The first-order chi connectivity index (χ1) is 19.0. The van der Waals surface area contributed by atoms with Crippen molar-refractivity contribution in [2.75, 3.05) is 19.6 Å². The van der Waals surface area contributed by atoms with Crippen LogP contribution in [0.1, 0.15) is 38.3 Å². The fraction of sp³-hybridized carbons (Fsp3) is 0.188. The van der Waals surface area contributed by atoms with E-state index in [1.807, 2.05) is 66.7 Å². The first-order valence-corrected chi connectivity index (χ1v) is 12.9. The number of carbonyl (C=O) groups is 3. The number of carbonyl (C=O) groups excluding carboxylic acids is 2. The standard InChI is InChI=1S/C32H31N3O4/c36-30(37)18-22-35(21-17-25-11-8-19-33-23-25)32(39)29-15-7-5-13-27(29)26-12-4-6-14-28(26)31(38)34-20-16-24-9-2-1-3-10-24/h1-15,19,23H,16-18,20-22H2,(H,34,38)(H,36,37). The molecule has 1 aromatic heterocycles. The van der Waals surface area contributed by atoms with Crippen molar-refractivity contribution in [3.05, 3.63) is 126 Å². The van der Waals surface area contributed by atoms with Crippen LogP contribution < -0.4 is 5.32 Å². The van der Waals surface area contributed by atoms with Crippen LogP contribution in [0.3, 0.4) is 0 Å². The number of aliphatic carboxylic acids is 1. The molecule has 2 N–H and O–H groups in total. The summed E-state index contributed by atoms with van der Waals surface area (Å²) in [6, 6.07) is 28.0. The van der Waals surface area contributed by atoms with E-state index < -0.39 is 5.97 Å². The zero-order valence-corrected chi connectivity index (χ0v) is 21.6. The third-order valence-corrected chi connectivity index (χ3v) is 6.44. The van der Waals surface area contributed by atoms with E-state index in [1.54, 1.807) is 41.6 Å². The molecule has 0 saturated carbocycles. The number of carboxylic acids is 1. The molecule has 0 bridgehead atoms. The van der Waals surface area contributed by atoms with Gasteiger partial charge in [-0.15, -0.1) is 0 Å². The number of nitrogens with zero attached hydrogens (tertiary/aromatic N) is 2. The van der Waals surface area contributed by atoms with E-state index >= 15 is 0 Å². The highest BCUT2D eigenvalue weighted by atomic mass is 16.4. The molecule has 0 aliphatic heterocycles. The Labute approximate surface area is 228 Å². The molecule has 0 spiro atoms. The van der Waals surface area contributed by atoms with Gasteiger partial charge in [0.1, 0.15) is 0 Å². The van der Waals surface area contributed by atoms with E-state index in [9.17, 15) is 19.5 Å². The van der Waals surface area contributed by atoms with Gasteiger partial charge in [0.25, 0.3) is 11.8 Å². The van der Waals surface area contributed by atoms with Gasteiger partial charge >= 0.3 is 5.97 Å². The quantitative estimate of drug-likeness (QED) is 0.277. The van der Waals surface area contributed by atoms with E-state index in [2.05, 4.69) is 10.3 Å². The molecule has 0 saturated heterocycles. The summed E-state index contributed by atoms with van der Waals surface area (Å²) < 4.78 is 0. The molecule has 0 aliphatic rings. The van der Waals surface area contributed by atoms with Crippen LogP contribution in [0.4, 0.5) is 0 Å². The second kappa shape index (κ2) is 13.7. The minimum absolute atomic E-state index is 0.0738. The van der Waals surface area contributed by atoms with Gasteiger partial charge in [0.05, 0.1) is 6.42 Å². The molecule has 0 atom stereocenters. The van der Waals surface area contributed by atoms with Gasteiger partial charge in [-0.25, -0.2) is 0 Å². The predicted octanol–water partition coefficient (Wildman–Crippen LogP) is 4.88. The molecule has 7 nitrogen and oxygen atoms in total. The summed E-state index contributed by atoms with van der Waals surface area (Å²) in [6.07, 6.45) is 4.51. The number of rotatable bonds is 12. The fourth-order valence-corrected chi connectivity index (χ4v) is 4.41. The minimum Gasteiger partial charge on any atom is -0.481 e. The second-order valence-corrected chi connectivity index (χ2v) is 9.13. The number of nitrogens with one attached hydrogen (secondary N) is 1. The monoisotopic (exact) mass is 521 g/mol. The lowest BCUT2D eigenvalue weighted by Gasteiger charge is -2.24. The van der Waals surface area contributed by atoms with Crippen molar-refractivity contribution in [3.63, 3.8) is 0 Å². The summed E-state index contributed by atoms with van der Waals surface area (Å²) in [5, 5.41) is 12.3. The van der Waals surface area contributed by atoms with Crippen LogP contribution in [0, 0.1) is 0 Å². The third-order valence-electron chi connectivity index (χ3n) is 6.44. The van der Waals surface area contributed by atoms with Crippen molar-refractivity contribution < 1.29 is 19.5 Å². The lowest BCUT2D eigenvalue weighted by atomic mass is 9.94. The van der Waals surface area contributed by atoms with E-state index in [1.165, 1.54) is 0 Å². The van der Waals surface area contributed by atoms with Gasteiger partial charge in [-0.2, -0.15) is 0 Å². The zero-order valence-electron chi connectivity index (χ0n) is 21.6. The molecule has 39 heavy (non-hydrogen) atoms. The van der Waals surface area contributed by atoms with E-state index in [0.29, 0.717) is 48.2 Å². The second-order valence-electron chi connectivity index (χ2n) is 9.13. The minimum atomic E-state index is -0.972. The van der Waals surface area contributed by atoms with Gasteiger partial charge in [-0.1, -0.05) is 72.8 Å². The molecule has 0 aliphatic carbocycles. The molecule has 0 unspecified atom stereocenters. The van der Waals surface area contributed by atoms with Crippen LogP contribution in [-0.2, 0) is 17.6 Å². The molecule has 1 heterocycles. The van der Waals surface area contributed by atoms with Crippen molar-refractivity contribution in [2.24, 2.45) is 0 Å². The van der Waals surface area contributed by atoms with Gasteiger partial charge in [-0.3, -0.25) is 19.4 Å². The molecule has 0 radical (unpaired) electrons. The molecule has 2 amide bonds. The lowest BCUT2D eigenvalue weighted by Crippen LogP contribution is -2.35. The Bertz CT molecular complexity index is 1410. The van der Waals surface area contributed by atoms with Crippen molar-refractivity contribution in [2.45, 2.75) is 19.3 Å². The lowest BCUT2D eigenvalue weighted by molar-refractivity contribution is -0.137. The molecule has 4 aromatic rings. The topological polar surface area (TPSA) is 99.6 Å². The molecule has 0 fully saturated rings. The number of benzene rings is 3. The number of aromatic nitrogens is 1. The first kappa shape index (κ1) is 27.3. The largest absolute Gasteiger partial charge is 0.481 e. The van der Waals surface area contributed by atoms with Gasteiger partial charge in [0, 0.05) is 43.2 Å². The summed E-state index contributed by atoms with van der Waals surface area (Å²) in [4.78, 5) is 44.0.